The molecular formula is C21H23N3O6S2. The van der Waals surface area contributed by atoms with Crippen molar-refractivity contribution >= 4 is 38.1 Å². The molecule has 0 aliphatic rings. The van der Waals surface area contributed by atoms with Gasteiger partial charge < -0.3 is 14.1 Å². The van der Waals surface area contributed by atoms with Gasteiger partial charge in [-0.15, -0.1) is 11.3 Å². The molecule has 3 aromatic rings. The summed E-state index contributed by atoms with van der Waals surface area (Å²) in [5.74, 6) is 0.135. The number of thiazole rings is 1. The van der Waals surface area contributed by atoms with E-state index in [1.165, 1.54) is 29.7 Å². The van der Waals surface area contributed by atoms with E-state index in [4.69, 9.17) is 9.15 Å². The van der Waals surface area contributed by atoms with E-state index in [1.807, 2.05) is 0 Å². The average Bonchev–Trinajstić information content (AvgIpc) is 3.43. The van der Waals surface area contributed by atoms with Crippen LogP contribution in [0.15, 0.2) is 57.4 Å². The van der Waals surface area contributed by atoms with E-state index >= 15 is 0 Å². The lowest BCUT2D eigenvalue weighted by Gasteiger charge is -2.17. The van der Waals surface area contributed by atoms with Crippen molar-refractivity contribution in [3.05, 3.63) is 59.5 Å². The smallest absolute Gasteiger partial charge is 0.293 e. The van der Waals surface area contributed by atoms with Gasteiger partial charge in [0, 0.05) is 25.2 Å². The molecule has 0 bridgehead atoms. The SMILES string of the molecule is CN(CCCOc1cccc(S(C)(=O)=O)c1)C(=O)Cc1csc(NC(=O)c2ccco2)n1. The average molecular weight is 478 g/mol. The zero-order valence-electron chi connectivity index (χ0n) is 17.6. The molecular weight excluding hydrogens is 454 g/mol. The molecule has 0 aliphatic heterocycles. The molecule has 32 heavy (non-hydrogen) atoms. The second-order valence-electron chi connectivity index (χ2n) is 7.02. The molecule has 0 saturated heterocycles. The lowest BCUT2D eigenvalue weighted by atomic mass is 10.3. The van der Waals surface area contributed by atoms with Crippen molar-refractivity contribution in [1.82, 2.24) is 9.88 Å². The standard InChI is InChI=1S/C21H23N3O6S2/c1-24(9-5-11-29-16-6-3-7-17(13-16)32(2,27)28)19(25)12-15-14-31-21(22-15)23-20(26)18-8-4-10-30-18/h3-4,6-8,10,13-14H,5,9,11-12H2,1-2H3,(H,22,23,26). The van der Waals surface area contributed by atoms with Gasteiger partial charge in [-0.25, -0.2) is 13.4 Å². The third kappa shape index (κ3) is 6.66. The van der Waals surface area contributed by atoms with Gasteiger partial charge in [0.1, 0.15) is 5.75 Å². The Balaban J connectivity index is 1.42. The Hall–Kier alpha value is -3.18. The van der Waals surface area contributed by atoms with Crippen molar-refractivity contribution in [2.45, 2.75) is 17.7 Å². The van der Waals surface area contributed by atoms with Gasteiger partial charge in [0.05, 0.1) is 29.9 Å². The molecule has 2 aromatic heterocycles. The fourth-order valence-electron chi connectivity index (χ4n) is 2.71. The van der Waals surface area contributed by atoms with Gasteiger partial charge in [-0.3, -0.25) is 14.9 Å². The summed E-state index contributed by atoms with van der Waals surface area (Å²) in [5.41, 5.74) is 0.565. The van der Waals surface area contributed by atoms with Crippen LogP contribution < -0.4 is 10.1 Å². The number of benzene rings is 1. The highest BCUT2D eigenvalue weighted by Gasteiger charge is 2.15. The Morgan fingerprint density at radius 2 is 2.06 bits per heavy atom. The van der Waals surface area contributed by atoms with Gasteiger partial charge in [-0.1, -0.05) is 6.07 Å². The number of nitrogens with one attached hydrogen (secondary N) is 1. The molecule has 0 fully saturated rings. The van der Waals surface area contributed by atoms with Crippen molar-refractivity contribution in [2.75, 3.05) is 31.8 Å². The van der Waals surface area contributed by atoms with E-state index < -0.39 is 15.7 Å². The van der Waals surface area contributed by atoms with Crippen LogP contribution in [0, 0.1) is 0 Å². The number of aromatic nitrogens is 1. The number of ether oxygens (including phenoxy) is 1. The Bertz CT molecular complexity index is 1170. The van der Waals surface area contributed by atoms with Gasteiger partial charge in [0.25, 0.3) is 5.91 Å². The summed E-state index contributed by atoms with van der Waals surface area (Å²) in [6, 6.07) is 9.48. The minimum Gasteiger partial charge on any atom is -0.493 e. The quantitative estimate of drug-likeness (QED) is 0.446. The van der Waals surface area contributed by atoms with Crippen LogP contribution in [0.4, 0.5) is 5.13 Å². The van der Waals surface area contributed by atoms with E-state index in [9.17, 15) is 18.0 Å². The topological polar surface area (TPSA) is 119 Å². The third-order valence-corrected chi connectivity index (χ3v) is 6.33. The summed E-state index contributed by atoms with van der Waals surface area (Å²) in [7, 11) is -1.60. The van der Waals surface area contributed by atoms with Gasteiger partial charge in [-0.2, -0.15) is 0 Å². The van der Waals surface area contributed by atoms with E-state index in [0.717, 1.165) is 6.26 Å². The maximum atomic E-state index is 12.4. The number of amides is 2. The van der Waals surface area contributed by atoms with Crippen LogP contribution in [0.25, 0.3) is 0 Å². The molecule has 2 heterocycles. The summed E-state index contributed by atoms with van der Waals surface area (Å²) in [6.07, 6.45) is 3.24. The molecule has 0 atom stereocenters. The number of carbonyl (C=O) groups excluding carboxylic acids is 2. The van der Waals surface area contributed by atoms with Crippen molar-refractivity contribution < 1.29 is 27.2 Å². The molecule has 9 nitrogen and oxygen atoms in total. The van der Waals surface area contributed by atoms with Crippen molar-refractivity contribution in [1.29, 1.82) is 0 Å². The number of hydrogen-bond donors (Lipinski definition) is 1. The minimum absolute atomic E-state index is 0.112. The first kappa shape index (κ1) is 23.5. The number of anilines is 1. The zero-order chi connectivity index (χ0) is 23.1. The number of hydrogen-bond acceptors (Lipinski definition) is 8. The summed E-state index contributed by atoms with van der Waals surface area (Å²) >= 11 is 1.23. The number of sulfone groups is 1. The van der Waals surface area contributed by atoms with Gasteiger partial charge in [0.15, 0.2) is 20.7 Å². The summed E-state index contributed by atoms with van der Waals surface area (Å²) in [6.45, 7) is 0.807. The molecule has 1 aromatic carbocycles. The fourth-order valence-corrected chi connectivity index (χ4v) is 4.07. The molecule has 0 radical (unpaired) electrons. The maximum Gasteiger partial charge on any atom is 0.293 e. The van der Waals surface area contributed by atoms with Gasteiger partial charge >= 0.3 is 0 Å². The highest BCUT2D eigenvalue weighted by molar-refractivity contribution is 7.90. The van der Waals surface area contributed by atoms with Crippen LogP contribution >= 0.6 is 11.3 Å². The summed E-state index contributed by atoms with van der Waals surface area (Å²) in [4.78, 5) is 30.5. The molecule has 11 heteroatoms. The number of rotatable bonds is 10. The first-order valence-corrected chi connectivity index (χ1v) is 12.5. The molecule has 0 spiro atoms. The van der Waals surface area contributed by atoms with Crippen LogP contribution in [0.3, 0.4) is 0 Å². The molecule has 0 aliphatic carbocycles. The molecule has 1 N–H and O–H groups in total. The van der Waals surface area contributed by atoms with Crippen molar-refractivity contribution in [3.63, 3.8) is 0 Å². The second-order valence-corrected chi connectivity index (χ2v) is 9.89. The van der Waals surface area contributed by atoms with Gasteiger partial charge in [-0.05, 0) is 36.8 Å². The molecule has 3 rings (SSSR count). The summed E-state index contributed by atoms with van der Waals surface area (Å²) in [5, 5.41) is 4.75. The third-order valence-electron chi connectivity index (χ3n) is 4.42. The van der Waals surface area contributed by atoms with Crippen LogP contribution in [0.5, 0.6) is 5.75 Å². The first-order chi connectivity index (χ1) is 15.2. The fraction of sp³-hybridized carbons (Fsp3) is 0.286. The molecule has 2 amide bonds. The van der Waals surface area contributed by atoms with Crippen LogP contribution in [-0.2, 0) is 21.1 Å². The monoisotopic (exact) mass is 477 g/mol. The first-order valence-electron chi connectivity index (χ1n) is 9.68. The van der Waals surface area contributed by atoms with E-state index in [2.05, 4.69) is 10.3 Å². The van der Waals surface area contributed by atoms with Crippen molar-refractivity contribution in [2.24, 2.45) is 0 Å². The van der Waals surface area contributed by atoms with Crippen LogP contribution in [-0.4, -0.2) is 56.6 Å². The van der Waals surface area contributed by atoms with Crippen LogP contribution in [0.2, 0.25) is 0 Å². The predicted octanol–water partition coefficient (Wildman–Crippen LogP) is 2.86. The van der Waals surface area contributed by atoms with Crippen LogP contribution in [0.1, 0.15) is 22.7 Å². The largest absolute Gasteiger partial charge is 0.493 e. The van der Waals surface area contributed by atoms with E-state index in [-0.39, 0.29) is 23.0 Å². The molecule has 170 valence electrons. The zero-order valence-corrected chi connectivity index (χ0v) is 19.2. The number of carbonyl (C=O) groups is 2. The molecule has 0 saturated carbocycles. The molecule has 0 unspecified atom stereocenters. The predicted molar refractivity (Wildman–Crippen MR) is 120 cm³/mol. The number of furan rings is 1. The highest BCUT2D eigenvalue weighted by atomic mass is 32.2. The lowest BCUT2D eigenvalue weighted by Crippen LogP contribution is -2.30. The Morgan fingerprint density at radius 3 is 2.78 bits per heavy atom. The Labute approximate surface area is 189 Å². The highest BCUT2D eigenvalue weighted by Crippen LogP contribution is 2.19. The Kier molecular flexibility index (Phi) is 7.65. The van der Waals surface area contributed by atoms with E-state index in [0.29, 0.717) is 36.1 Å². The Morgan fingerprint density at radius 1 is 1.25 bits per heavy atom. The van der Waals surface area contributed by atoms with Crippen molar-refractivity contribution in [3.8, 4) is 5.75 Å². The van der Waals surface area contributed by atoms with Gasteiger partial charge in [0.2, 0.25) is 5.91 Å². The van der Waals surface area contributed by atoms with E-state index in [1.54, 1.807) is 41.6 Å². The minimum atomic E-state index is -3.29. The maximum absolute atomic E-state index is 12.4. The number of likely N-dealkylation sites (N-methyl/N-ethyl adjacent to an activating group) is 1. The summed E-state index contributed by atoms with van der Waals surface area (Å²) < 4.78 is 33.8. The lowest BCUT2D eigenvalue weighted by molar-refractivity contribution is -0.129. The normalized spacial score (nSPS) is 11.2. The number of nitrogens with zero attached hydrogens (tertiary/aromatic N) is 2. The second kappa shape index (κ2) is 10.4.